The van der Waals surface area contributed by atoms with Gasteiger partial charge in [-0.05, 0) is 50.5 Å². The molecule has 2 aromatic rings. The first-order valence-corrected chi connectivity index (χ1v) is 12.6. The Hall–Kier alpha value is -1.88. The minimum absolute atomic E-state index is 0.00855. The molecule has 2 heterocycles. The van der Waals surface area contributed by atoms with Crippen LogP contribution >= 0.6 is 11.8 Å². The van der Waals surface area contributed by atoms with E-state index in [-0.39, 0.29) is 16.6 Å². The van der Waals surface area contributed by atoms with Gasteiger partial charge in [0.2, 0.25) is 15.9 Å². The van der Waals surface area contributed by atoms with Gasteiger partial charge < -0.3 is 14.2 Å². The number of thioether (sulfide) groups is 1. The lowest BCUT2D eigenvalue weighted by atomic mass is 10.0. The summed E-state index contributed by atoms with van der Waals surface area (Å²) in [7, 11) is 1.19. The van der Waals surface area contributed by atoms with Crippen molar-refractivity contribution in [1.82, 2.24) is 13.9 Å². The van der Waals surface area contributed by atoms with Gasteiger partial charge in [-0.3, -0.25) is 4.79 Å². The van der Waals surface area contributed by atoms with Gasteiger partial charge in [0.05, 0.1) is 22.9 Å². The highest BCUT2D eigenvalue weighted by molar-refractivity contribution is 7.99. The monoisotopic (exact) mass is 466 g/mol. The van der Waals surface area contributed by atoms with E-state index in [0.717, 1.165) is 40.6 Å². The van der Waals surface area contributed by atoms with Crippen LogP contribution in [0.15, 0.2) is 28.3 Å². The van der Waals surface area contributed by atoms with Gasteiger partial charge in [0.15, 0.2) is 5.16 Å². The maximum atomic E-state index is 13.1. The Morgan fingerprint density at radius 2 is 2.03 bits per heavy atom. The Kier molecular flexibility index (Phi) is 7.46. The summed E-state index contributed by atoms with van der Waals surface area (Å²) in [4.78, 5) is 19.7. The summed E-state index contributed by atoms with van der Waals surface area (Å²) in [6.45, 7) is 5.88. The topological polar surface area (TPSA) is 84.7 Å². The minimum Gasteiger partial charge on any atom is -0.383 e. The highest BCUT2D eigenvalue weighted by Gasteiger charge is 2.26. The first-order chi connectivity index (χ1) is 14.7. The van der Waals surface area contributed by atoms with Gasteiger partial charge in [-0.2, -0.15) is 0 Å². The molecule has 1 aromatic heterocycles. The number of carbonyl (C=O) groups excluding carboxylic acids is 1. The van der Waals surface area contributed by atoms with Crippen LogP contribution in [0.2, 0.25) is 0 Å². The van der Waals surface area contributed by atoms with Crippen LogP contribution in [-0.4, -0.2) is 68.3 Å². The summed E-state index contributed by atoms with van der Waals surface area (Å²) in [6, 6.07) is 5.03. The molecular weight excluding hydrogens is 436 g/mol. The molecule has 0 unspecified atom stereocenters. The first kappa shape index (κ1) is 23.8. The van der Waals surface area contributed by atoms with E-state index in [4.69, 9.17) is 4.74 Å². The lowest BCUT2D eigenvalue weighted by Crippen LogP contribution is -2.37. The molecule has 0 bridgehead atoms. The molecule has 0 saturated carbocycles. The third-order valence-corrected chi connectivity index (χ3v) is 8.29. The van der Waals surface area contributed by atoms with Crippen molar-refractivity contribution in [2.24, 2.45) is 0 Å². The molecule has 3 rings (SSSR count). The Morgan fingerprint density at radius 1 is 1.29 bits per heavy atom. The molecule has 170 valence electrons. The number of hydrogen-bond donors (Lipinski definition) is 0. The summed E-state index contributed by atoms with van der Waals surface area (Å²) >= 11 is 1.42. The molecule has 0 saturated heterocycles. The molecular formula is C21H30N4O4S2. The van der Waals surface area contributed by atoms with E-state index >= 15 is 0 Å². The zero-order valence-corrected chi connectivity index (χ0v) is 20.3. The fraction of sp³-hybridized carbons (Fsp3) is 0.524. The second-order valence-electron chi connectivity index (χ2n) is 7.73. The molecule has 31 heavy (non-hydrogen) atoms. The molecule has 10 heteroatoms. The maximum Gasteiger partial charge on any atom is 0.242 e. The van der Waals surface area contributed by atoms with Crippen molar-refractivity contribution in [3.63, 3.8) is 0 Å². The lowest BCUT2D eigenvalue weighted by Gasteiger charge is -2.30. The van der Waals surface area contributed by atoms with Crippen LogP contribution in [0.1, 0.15) is 23.4 Å². The van der Waals surface area contributed by atoms with Crippen molar-refractivity contribution in [1.29, 1.82) is 0 Å². The van der Waals surface area contributed by atoms with Crippen molar-refractivity contribution in [2.45, 2.75) is 43.3 Å². The molecule has 1 aliphatic rings. The number of sulfonamides is 1. The zero-order chi connectivity index (χ0) is 22.8. The normalized spacial score (nSPS) is 14.2. The maximum absolute atomic E-state index is 13.1. The molecule has 1 aliphatic heterocycles. The van der Waals surface area contributed by atoms with Crippen molar-refractivity contribution >= 4 is 33.4 Å². The van der Waals surface area contributed by atoms with E-state index in [1.807, 2.05) is 13.8 Å². The number of carbonyl (C=O) groups is 1. The standard InChI is InChI=1S/C21H30N4O4S2/c1-15-16(2)24(11-12-29-5)21(22-15)30-14-20(26)25-10-6-7-17-13-18(8-9-19(17)25)31(27,28)23(3)4/h8-9,13H,6-7,10-12,14H2,1-5H3. The average Bonchev–Trinajstić information content (AvgIpc) is 3.02. The van der Waals surface area contributed by atoms with E-state index in [0.29, 0.717) is 19.7 Å². The number of methoxy groups -OCH3 is 1. The molecule has 0 aliphatic carbocycles. The van der Waals surface area contributed by atoms with Gasteiger partial charge in [-0.25, -0.2) is 17.7 Å². The van der Waals surface area contributed by atoms with Crippen LogP contribution in [0.3, 0.4) is 0 Å². The van der Waals surface area contributed by atoms with Crippen molar-refractivity contribution in [2.75, 3.05) is 45.0 Å². The molecule has 0 fully saturated rings. The number of aryl methyl sites for hydroxylation is 2. The SMILES string of the molecule is COCCn1c(SCC(=O)N2CCCc3cc(S(=O)(=O)N(C)C)ccc32)nc(C)c1C. The van der Waals surface area contributed by atoms with Gasteiger partial charge in [0.1, 0.15) is 0 Å². The number of benzene rings is 1. The van der Waals surface area contributed by atoms with Gasteiger partial charge in [0.25, 0.3) is 0 Å². The third kappa shape index (κ3) is 4.97. The number of hydrogen-bond acceptors (Lipinski definition) is 6. The fourth-order valence-electron chi connectivity index (χ4n) is 3.59. The molecule has 1 amide bonds. The van der Waals surface area contributed by atoms with Gasteiger partial charge in [0, 0.05) is 45.7 Å². The first-order valence-electron chi connectivity index (χ1n) is 10.2. The van der Waals surface area contributed by atoms with Crippen LogP contribution in [-0.2, 0) is 32.5 Å². The van der Waals surface area contributed by atoms with Crippen LogP contribution in [0.4, 0.5) is 5.69 Å². The van der Waals surface area contributed by atoms with E-state index in [2.05, 4.69) is 9.55 Å². The number of nitrogens with zero attached hydrogens (tertiary/aromatic N) is 4. The molecule has 8 nitrogen and oxygen atoms in total. The fourth-order valence-corrected chi connectivity index (χ4v) is 5.53. The second-order valence-corrected chi connectivity index (χ2v) is 10.8. The van der Waals surface area contributed by atoms with Crippen LogP contribution < -0.4 is 4.90 Å². The predicted molar refractivity (Wildman–Crippen MR) is 122 cm³/mol. The predicted octanol–water partition coefficient (Wildman–Crippen LogP) is 2.47. The van der Waals surface area contributed by atoms with Gasteiger partial charge >= 0.3 is 0 Å². The number of imidazole rings is 1. The number of amides is 1. The summed E-state index contributed by atoms with van der Waals surface area (Å²) in [5.41, 5.74) is 3.71. The Morgan fingerprint density at radius 3 is 2.71 bits per heavy atom. The Labute approximate surface area is 188 Å². The van der Waals surface area contributed by atoms with Crippen molar-refractivity contribution < 1.29 is 17.9 Å². The van der Waals surface area contributed by atoms with Crippen molar-refractivity contribution in [3.8, 4) is 0 Å². The quantitative estimate of drug-likeness (QED) is 0.556. The van der Waals surface area contributed by atoms with E-state index in [1.54, 1.807) is 30.2 Å². The summed E-state index contributed by atoms with van der Waals surface area (Å²) in [6.07, 6.45) is 1.55. The molecule has 0 spiro atoms. The van der Waals surface area contributed by atoms with Crippen LogP contribution in [0.25, 0.3) is 0 Å². The Balaban J connectivity index is 1.77. The van der Waals surface area contributed by atoms with E-state index in [1.165, 1.54) is 30.2 Å². The molecule has 0 atom stereocenters. The van der Waals surface area contributed by atoms with Gasteiger partial charge in [-0.1, -0.05) is 11.8 Å². The average molecular weight is 467 g/mol. The number of aromatic nitrogens is 2. The number of anilines is 1. The Bertz CT molecular complexity index is 1060. The second kappa shape index (κ2) is 9.72. The van der Waals surface area contributed by atoms with E-state index in [9.17, 15) is 13.2 Å². The third-order valence-electron chi connectivity index (χ3n) is 5.52. The zero-order valence-electron chi connectivity index (χ0n) is 18.7. The lowest BCUT2D eigenvalue weighted by molar-refractivity contribution is -0.116. The van der Waals surface area contributed by atoms with Crippen LogP contribution in [0.5, 0.6) is 0 Å². The van der Waals surface area contributed by atoms with Crippen molar-refractivity contribution in [3.05, 3.63) is 35.2 Å². The molecule has 0 N–H and O–H groups in total. The van der Waals surface area contributed by atoms with E-state index < -0.39 is 10.0 Å². The summed E-state index contributed by atoms with van der Waals surface area (Å²) in [5.74, 6) is 0.255. The number of rotatable bonds is 8. The van der Waals surface area contributed by atoms with Crippen LogP contribution in [0, 0.1) is 13.8 Å². The minimum atomic E-state index is -3.50. The molecule has 0 radical (unpaired) electrons. The van der Waals surface area contributed by atoms with Gasteiger partial charge in [-0.15, -0.1) is 0 Å². The largest absolute Gasteiger partial charge is 0.383 e. The highest BCUT2D eigenvalue weighted by atomic mass is 32.2. The number of fused-ring (bicyclic) bond motifs is 1. The highest BCUT2D eigenvalue weighted by Crippen LogP contribution is 2.31. The smallest absolute Gasteiger partial charge is 0.242 e. The summed E-state index contributed by atoms with van der Waals surface area (Å²) in [5, 5.41) is 0.810. The molecule has 1 aromatic carbocycles. The summed E-state index contributed by atoms with van der Waals surface area (Å²) < 4.78 is 33.4. The number of ether oxygens (including phenoxy) is 1.